The molecule has 1 fully saturated rings. The first-order chi connectivity index (χ1) is 10.8. The van der Waals surface area contributed by atoms with Gasteiger partial charge in [-0.3, -0.25) is 4.79 Å². The van der Waals surface area contributed by atoms with Gasteiger partial charge in [0, 0.05) is 44.9 Å². The molecule has 0 unspecified atom stereocenters. The van der Waals surface area contributed by atoms with Crippen molar-refractivity contribution in [1.29, 1.82) is 0 Å². The molecule has 0 bridgehead atoms. The van der Waals surface area contributed by atoms with Crippen LogP contribution in [0.25, 0.3) is 0 Å². The van der Waals surface area contributed by atoms with Gasteiger partial charge in [-0.1, -0.05) is 6.07 Å². The van der Waals surface area contributed by atoms with E-state index in [1.165, 1.54) is 6.92 Å². The summed E-state index contributed by atoms with van der Waals surface area (Å²) in [6, 6.07) is 7.71. The SMILES string of the molecule is CC(=O)Oc1cccc(N2CCN(C)CC2)c1.O=C(O)C(=O)O. The van der Waals surface area contributed by atoms with Gasteiger partial charge in [-0.15, -0.1) is 0 Å². The van der Waals surface area contributed by atoms with Crippen LogP contribution in [0.5, 0.6) is 5.75 Å². The van der Waals surface area contributed by atoms with Crippen LogP contribution in [0.1, 0.15) is 6.92 Å². The lowest BCUT2D eigenvalue weighted by atomic mass is 10.2. The number of rotatable bonds is 2. The summed E-state index contributed by atoms with van der Waals surface area (Å²) in [6.07, 6.45) is 0. The second-order valence-corrected chi connectivity index (χ2v) is 4.99. The molecule has 0 aromatic heterocycles. The molecular weight excluding hydrogens is 304 g/mol. The number of carboxylic acids is 2. The minimum atomic E-state index is -1.82. The standard InChI is InChI=1S/C13H18N2O2.C2H2O4/c1-11(16)17-13-5-3-4-12(10-13)15-8-6-14(2)7-9-15;3-1(4)2(5)6/h3-5,10H,6-9H2,1-2H3;(H,3,4)(H,5,6). The zero-order valence-electron chi connectivity index (χ0n) is 13.1. The summed E-state index contributed by atoms with van der Waals surface area (Å²) in [6.45, 7) is 5.58. The molecule has 1 aromatic rings. The van der Waals surface area contributed by atoms with Crippen molar-refractivity contribution in [3.05, 3.63) is 24.3 Å². The van der Waals surface area contributed by atoms with Crippen molar-refractivity contribution in [3.63, 3.8) is 0 Å². The summed E-state index contributed by atoms with van der Waals surface area (Å²) in [5, 5.41) is 14.8. The van der Waals surface area contributed by atoms with E-state index in [-0.39, 0.29) is 5.97 Å². The van der Waals surface area contributed by atoms with Crippen LogP contribution in [-0.4, -0.2) is 66.2 Å². The molecule has 2 rings (SSSR count). The Kier molecular flexibility index (Phi) is 7.01. The molecule has 8 nitrogen and oxygen atoms in total. The van der Waals surface area contributed by atoms with Crippen molar-refractivity contribution in [1.82, 2.24) is 4.90 Å². The molecule has 0 aliphatic carbocycles. The number of benzene rings is 1. The van der Waals surface area contributed by atoms with Crippen LogP contribution in [0.15, 0.2) is 24.3 Å². The third kappa shape index (κ3) is 6.79. The Bertz CT molecular complexity index is 555. The topological polar surface area (TPSA) is 107 Å². The van der Waals surface area contributed by atoms with E-state index in [0.717, 1.165) is 31.9 Å². The van der Waals surface area contributed by atoms with Gasteiger partial charge in [-0.05, 0) is 19.2 Å². The van der Waals surface area contributed by atoms with Crippen molar-refractivity contribution >= 4 is 23.6 Å². The average molecular weight is 324 g/mol. The maximum atomic E-state index is 10.9. The fraction of sp³-hybridized carbons (Fsp3) is 0.400. The van der Waals surface area contributed by atoms with Gasteiger partial charge in [0.2, 0.25) is 0 Å². The number of carbonyl (C=O) groups excluding carboxylic acids is 1. The van der Waals surface area contributed by atoms with Crippen LogP contribution in [0.3, 0.4) is 0 Å². The van der Waals surface area contributed by atoms with Gasteiger partial charge in [0.15, 0.2) is 0 Å². The van der Waals surface area contributed by atoms with E-state index in [2.05, 4.69) is 22.9 Å². The molecule has 126 valence electrons. The molecule has 0 saturated carbocycles. The number of esters is 1. The van der Waals surface area contributed by atoms with Crippen molar-refractivity contribution in [2.24, 2.45) is 0 Å². The summed E-state index contributed by atoms with van der Waals surface area (Å²) >= 11 is 0. The van der Waals surface area contributed by atoms with Crippen molar-refractivity contribution in [3.8, 4) is 5.75 Å². The van der Waals surface area contributed by atoms with Crippen LogP contribution in [-0.2, 0) is 14.4 Å². The first-order valence-electron chi connectivity index (χ1n) is 6.97. The summed E-state index contributed by atoms with van der Waals surface area (Å²) in [4.78, 5) is 33.7. The van der Waals surface area contributed by atoms with E-state index in [1.807, 2.05) is 12.1 Å². The Morgan fingerprint density at radius 2 is 1.61 bits per heavy atom. The van der Waals surface area contributed by atoms with Gasteiger partial charge in [-0.25, -0.2) is 9.59 Å². The number of carboxylic acid groups (broad SMARTS) is 2. The molecule has 1 aliphatic rings. The van der Waals surface area contributed by atoms with Crippen LogP contribution < -0.4 is 9.64 Å². The highest BCUT2D eigenvalue weighted by atomic mass is 16.5. The molecular formula is C15H20N2O6. The Balaban J connectivity index is 0.000000379. The molecule has 23 heavy (non-hydrogen) atoms. The minimum Gasteiger partial charge on any atom is -0.473 e. The summed E-state index contributed by atoms with van der Waals surface area (Å²) in [5.74, 6) is -3.31. The zero-order valence-corrected chi connectivity index (χ0v) is 13.1. The van der Waals surface area contributed by atoms with Gasteiger partial charge in [0.1, 0.15) is 5.75 Å². The van der Waals surface area contributed by atoms with E-state index in [1.54, 1.807) is 6.07 Å². The Hall–Kier alpha value is -2.61. The number of nitrogens with zero attached hydrogens (tertiary/aromatic N) is 2. The van der Waals surface area contributed by atoms with Crippen molar-refractivity contribution in [2.45, 2.75) is 6.92 Å². The van der Waals surface area contributed by atoms with E-state index < -0.39 is 11.9 Å². The lowest BCUT2D eigenvalue weighted by molar-refractivity contribution is -0.159. The molecule has 0 atom stereocenters. The molecule has 0 radical (unpaired) electrons. The highest BCUT2D eigenvalue weighted by Crippen LogP contribution is 2.22. The number of hydrogen-bond donors (Lipinski definition) is 2. The zero-order chi connectivity index (χ0) is 17.4. The third-order valence-electron chi connectivity index (χ3n) is 3.13. The Labute approximate surface area is 133 Å². The largest absolute Gasteiger partial charge is 0.473 e. The number of carbonyl (C=O) groups is 3. The molecule has 1 aliphatic heterocycles. The fourth-order valence-corrected chi connectivity index (χ4v) is 1.97. The highest BCUT2D eigenvalue weighted by Gasteiger charge is 2.14. The van der Waals surface area contributed by atoms with Crippen LogP contribution in [0.2, 0.25) is 0 Å². The summed E-state index contributed by atoms with van der Waals surface area (Å²) < 4.78 is 5.09. The molecule has 2 N–H and O–H groups in total. The number of likely N-dealkylation sites (N-methyl/N-ethyl adjacent to an activating group) is 1. The van der Waals surface area contributed by atoms with Gasteiger partial charge in [0.05, 0.1) is 0 Å². The lowest BCUT2D eigenvalue weighted by Crippen LogP contribution is -2.44. The predicted molar refractivity (Wildman–Crippen MR) is 82.7 cm³/mol. The monoisotopic (exact) mass is 324 g/mol. The number of ether oxygens (including phenoxy) is 1. The lowest BCUT2D eigenvalue weighted by Gasteiger charge is -2.34. The average Bonchev–Trinajstić information content (AvgIpc) is 2.48. The number of hydrogen-bond acceptors (Lipinski definition) is 6. The molecule has 1 aromatic carbocycles. The second-order valence-electron chi connectivity index (χ2n) is 4.99. The van der Waals surface area contributed by atoms with E-state index in [9.17, 15) is 4.79 Å². The van der Waals surface area contributed by atoms with Crippen molar-refractivity contribution in [2.75, 3.05) is 38.1 Å². The number of aliphatic carboxylic acids is 2. The van der Waals surface area contributed by atoms with Gasteiger partial charge >= 0.3 is 17.9 Å². The molecule has 1 heterocycles. The Morgan fingerprint density at radius 3 is 2.09 bits per heavy atom. The van der Waals surface area contributed by atoms with E-state index >= 15 is 0 Å². The summed E-state index contributed by atoms with van der Waals surface area (Å²) in [5.41, 5.74) is 1.12. The van der Waals surface area contributed by atoms with Crippen molar-refractivity contribution < 1.29 is 29.3 Å². The van der Waals surface area contributed by atoms with Gasteiger partial charge in [0.25, 0.3) is 0 Å². The van der Waals surface area contributed by atoms with Crippen LogP contribution in [0, 0.1) is 0 Å². The third-order valence-corrected chi connectivity index (χ3v) is 3.13. The Morgan fingerprint density at radius 1 is 1.04 bits per heavy atom. The smallest absolute Gasteiger partial charge is 0.414 e. The maximum Gasteiger partial charge on any atom is 0.414 e. The van der Waals surface area contributed by atoms with E-state index in [4.69, 9.17) is 24.5 Å². The fourth-order valence-electron chi connectivity index (χ4n) is 1.97. The number of anilines is 1. The summed E-state index contributed by atoms with van der Waals surface area (Å²) in [7, 11) is 2.13. The molecule has 1 saturated heterocycles. The normalized spacial score (nSPS) is 14.4. The highest BCUT2D eigenvalue weighted by molar-refractivity contribution is 6.27. The molecule has 8 heteroatoms. The predicted octanol–water partition coefficient (Wildman–Crippen LogP) is 0.519. The first-order valence-corrected chi connectivity index (χ1v) is 6.97. The number of piperazine rings is 1. The van der Waals surface area contributed by atoms with Gasteiger partial charge in [-0.2, -0.15) is 0 Å². The second kappa shape index (κ2) is 8.74. The van der Waals surface area contributed by atoms with Crippen LogP contribution in [0.4, 0.5) is 5.69 Å². The van der Waals surface area contributed by atoms with E-state index in [0.29, 0.717) is 5.75 Å². The van der Waals surface area contributed by atoms with Gasteiger partial charge < -0.3 is 24.7 Å². The van der Waals surface area contributed by atoms with Crippen LogP contribution >= 0.6 is 0 Å². The molecule has 0 amide bonds. The minimum absolute atomic E-state index is 0.277. The first kappa shape index (κ1) is 18.4. The quantitative estimate of drug-likeness (QED) is 0.460. The maximum absolute atomic E-state index is 10.9. The molecule has 0 spiro atoms.